The molecular weight excluding hydrogens is 198 g/mol. The van der Waals surface area contributed by atoms with E-state index in [0.717, 1.165) is 31.0 Å². The van der Waals surface area contributed by atoms with Gasteiger partial charge in [-0.3, -0.25) is 0 Å². The van der Waals surface area contributed by atoms with Crippen LogP contribution in [0.15, 0.2) is 12.1 Å². The molecule has 14 heavy (non-hydrogen) atoms. The fourth-order valence-electron chi connectivity index (χ4n) is 1.30. The highest BCUT2D eigenvalue weighted by Crippen LogP contribution is 2.10. The minimum Gasteiger partial charge on any atom is -0.355 e. The quantitative estimate of drug-likeness (QED) is 0.704. The maximum Gasteiger partial charge on any atom is 0.151 e. The Morgan fingerprint density at radius 1 is 1.29 bits per heavy atom. The van der Waals surface area contributed by atoms with Crippen LogP contribution < -0.4 is 4.90 Å². The molecule has 0 aliphatic rings. The van der Waals surface area contributed by atoms with E-state index in [1.54, 1.807) is 0 Å². The van der Waals surface area contributed by atoms with Crippen molar-refractivity contribution in [2.75, 3.05) is 18.0 Å². The Morgan fingerprint density at radius 3 is 2.50 bits per heavy atom. The van der Waals surface area contributed by atoms with E-state index in [-0.39, 0.29) is 0 Å². The molecule has 0 atom stereocenters. The van der Waals surface area contributed by atoms with Crippen molar-refractivity contribution in [3.63, 3.8) is 0 Å². The molecule has 0 aliphatic carbocycles. The maximum atomic E-state index is 5.64. The summed E-state index contributed by atoms with van der Waals surface area (Å²) in [5.41, 5.74) is 0.822. The molecule has 1 heterocycles. The minimum absolute atomic E-state index is 0.424. The van der Waals surface area contributed by atoms with Crippen LogP contribution in [0.4, 0.5) is 5.82 Å². The summed E-state index contributed by atoms with van der Waals surface area (Å²) >= 11 is 5.64. The molecular formula is C10H16ClN3. The fraction of sp³-hybridized carbons (Fsp3) is 0.600. The summed E-state index contributed by atoms with van der Waals surface area (Å²) in [6.07, 6.45) is 1.12. The number of rotatable bonds is 5. The molecule has 0 radical (unpaired) electrons. The SMILES string of the molecule is CCCN(CC)c1ccc(CCl)nn1. The Morgan fingerprint density at radius 2 is 2.07 bits per heavy atom. The Bertz CT molecular complexity index is 261. The van der Waals surface area contributed by atoms with Crippen molar-refractivity contribution in [1.82, 2.24) is 10.2 Å². The zero-order chi connectivity index (χ0) is 10.4. The molecule has 0 unspecified atom stereocenters. The number of alkyl halides is 1. The van der Waals surface area contributed by atoms with Crippen LogP contribution in [0.2, 0.25) is 0 Å². The first kappa shape index (κ1) is 11.2. The summed E-state index contributed by atoms with van der Waals surface area (Å²) in [6, 6.07) is 3.90. The Kier molecular flexibility index (Phi) is 4.66. The average Bonchev–Trinajstić information content (AvgIpc) is 2.26. The van der Waals surface area contributed by atoms with Crippen molar-refractivity contribution < 1.29 is 0 Å². The van der Waals surface area contributed by atoms with Crippen LogP contribution in [-0.2, 0) is 5.88 Å². The molecule has 4 heteroatoms. The zero-order valence-electron chi connectivity index (χ0n) is 8.70. The zero-order valence-corrected chi connectivity index (χ0v) is 9.46. The van der Waals surface area contributed by atoms with Crippen molar-refractivity contribution in [3.05, 3.63) is 17.8 Å². The molecule has 0 aliphatic heterocycles. The molecule has 1 aromatic heterocycles. The summed E-state index contributed by atoms with van der Waals surface area (Å²) in [5, 5.41) is 8.16. The van der Waals surface area contributed by atoms with Gasteiger partial charge in [0, 0.05) is 13.1 Å². The van der Waals surface area contributed by atoms with Crippen molar-refractivity contribution >= 4 is 17.4 Å². The largest absolute Gasteiger partial charge is 0.355 e. The van der Waals surface area contributed by atoms with Crippen LogP contribution in [0.25, 0.3) is 0 Å². The van der Waals surface area contributed by atoms with Gasteiger partial charge in [-0.2, -0.15) is 5.10 Å². The molecule has 1 rings (SSSR count). The second-order valence-electron chi connectivity index (χ2n) is 3.10. The van der Waals surface area contributed by atoms with E-state index in [1.807, 2.05) is 12.1 Å². The van der Waals surface area contributed by atoms with E-state index in [4.69, 9.17) is 11.6 Å². The molecule has 1 aromatic rings. The average molecular weight is 214 g/mol. The molecule has 0 amide bonds. The van der Waals surface area contributed by atoms with Crippen LogP contribution in [0.5, 0.6) is 0 Å². The van der Waals surface area contributed by atoms with Crippen molar-refractivity contribution in [1.29, 1.82) is 0 Å². The topological polar surface area (TPSA) is 29.0 Å². The van der Waals surface area contributed by atoms with E-state index in [9.17, 15) is 0 Å². The van der Waals surface area contributed by atoms with Gasteiger partial charge in [0.25, 0.3) is 0 Å². The lowest BCUT2D eigenvalue weighted by Gasteiger charge is -2.20. The van der Waals surface area contributed by atoms with E-state index in [2.05, 4.69) is 28.9 Å². The summed E-state index contributed by atoms with van der Waals surface area (Å²) in [5.74, 6) is 1.36. The summed E-state index contributed by atoms with van der Waals surface area (Å²) in [6.45, 7) is 6.25. The first-order chi connectivity index (χ1) is 6.81. The number of hydrogen-bond donors (Lipinski definition) is 0. The highest BCUT2D eigenvalue weighted by molar-refractivity contribution is 6.16. The third-order valence-electron chi connectivity index (χ3n) is 2.04. The molecule has 0 fully saturated rings. The highest BCUT2D eigenvalue weighted by Gasteiger charge is 2.04. The number of hydrogen-bond acceptors (Lipinski definition) is 3. The van der Waals surface area contributed by atoms with E-state index in [1.165, 1.54) is 0 Å². The lowest BCUT2D eigenvalue weighted by molar-refractivity contribution is 0.763. The van der Waals surface area contributed by atoms with Crippen LogP contribution in [-0.4, -0.2) is 23.3 Å². The second-order valence-corrected chi connectivity index (χ2v) is 3.36. The van der Waals surface area contributed by atoms with Crippen LogP contribution >= 0.6 is 11.6 Å². The van der Waals surface area contributed by atoms with Crippen LogP contribution in [0.3, 0.4) is 0 Å². The van der Waals surface area contributed by atoms with Gasteiger partial charge in [0.15, 0.2) is 5.82 Å². The lowest BCUT2D eigenvalue weighted by atomic mass is 10.3. The second kappa shape index (κ2) is 5.81. The van der Waals surface area contributed by atoms with Gasteiger partial charge >= 0.3 is 0 Å². The normalized spacial score (nSPS) is 10.2. The van der Waals surface area contributed by atoms with Gasteiger partial charge in [-0.1, -0.05) is 6.92 Å². The molecule has 0 aromatic carbocycles. The predicted molar refractivity (Wildman–Crippen MR) is 59.8 cm³/mol. The molecule has 0 bridgehead atoms. The van der Waals surface area contributed by atoms with E-state index < -0.39 is 0 Å². The predicted octanol–water partition coefficient (Wildman–Crippen LogP) is 2.45. The van der Waals surface area contributed by atoms with E-state index in [0.29, 0.717) is 5.88 Å². The molecule has 0 saturated carbocycles. The Hall–Kier alpha value is -0.830. The van der Waals surface area contributed by atoms with Gasteiger partial charge in [-0.05, 0) is 25.5 Å². The first-order valence-electron chi connectivity index (χ1n) is 4.95. The van der Waals surface area contributed by atoms with Crippen LogP contribution in [0.1, 0.15) is 26.0 Å². The Labute approximate surface area is 90.1 Å². The van der Waals surface area contributed by atoms with Crippen molar-refractivity contribution in [3.8, 4) is 0 Å². The molecule has 78 valence electrons. The summed E-state index contributed by atoms with van der Waals surface area (Å²) < 4.78 is 0. The summed E-state index contributed by atoms with van der Waals surface area (Å²) in [4.78, 5) is 2.20. The third-order valence-corrected chi connectivity index (χ3v) is 2.32. The molecule has 3 nitrogen and oxygen atoms in total. The third kappa shape index (κ3) is 2.84. The number of anilines is 1. The smallest absolute Gasteiger partial charge is 0.151 e. The Balaban J connectivity index is 2.73. The number of aromatic nitrogens is 2. The molecule has 0 saturated heterocycles. The van der Waals surface area contributed by atoms with Crippen LogP contribution in [0, 0.1) is 0 Å². The van der Waals surface area contributed by atoms with Gasteiger partial charge in [0.05, 0.1) is 11.6 Å². The highest BCUT2D eigenvalue weighted by atomic mass is 35.5. The number of nitrogens with zero attached hydrogens (tertiary/aromatic N) is 3. The van der Waals surface area contributed by atoms with Crippen molar-refractivity contribution in [2.45, 2.75) is 26.1 Å². The first-order valence-corrected chi connectivity index (χ1v) is 5.48. The standard InChI is InChI=1S/C10H16ClN3/c1-3-7-14(4-2)10-6-5-9(8-11)12-13-10/h5-6H,3-4,7-8H2,1-2H3. The van der Waals surface area contributed by atoms with Gasteiger partial charge < -0.3 is 4.90 Å². The fourth-order valence-corrected chi connectivity index (χ4v) is 1.44. The summed E-state index contributed by atoms with van der Waals surface area (Å²) in [7, 11) is 0. The number of halogens is 1. The lowest BCUT2D eigenvalue weighted by Crippen LogP contribution is -2.24. The van der Waals surface area contributed by atoms with Gasteiger partial charge in [0.1, 0.15) is 0 Å². The van der Waals surface area contributed by atoms with Gasteiger partial charge in [0.2, 0.25) is 0 Å². The van der Waals surface area contributed by atoms with Gasteiger partial charge in [-0.25, -0.2) is 0 Å². The maximum absolute atomic E-state index is 5.64. The van der Waals surface area contributed by atoms with E-state index >= 15 is 0 Å². The van der Waals surface area contributed by atoms with Crippen molar-refractivity contribution in [2.24, 2.45) is 0 Å². The molecule has 0 N–H and O–H groups in total. The van der Waals surface area contributed by atoms with Gasteiger partial charge in [-0.15, -0.1) is 16.7 Å². The monoisotopic (exact) mass is 213 g/mol. The molecule has 0 spiro atoms. The minimum atomic E-state index is 0.424.